The van der Waals surface area contributed by atoms with Gasteiger partial charge in [0, 0.05) is 36.1 Å². The molecule has 8 nitrogen and oxygen atoms in total. The topological polar surface area (TPSA) is 133 Å². The molecular weight excluding hydrogens is 373 g/mol. The Morgan fingerprint density at radius 1 is 1.38 bits per heavy atom. The maximum atomic E-state index is 13.5. The number of nitrogens with one attached hydrogen (secondary N) is 4. The highest BCUT2D eigenvalue weighted by molar-refractivity contribution is 6.14. The molecule has 0 atom stereocenters. The summed E-state index contributed by atoms with van der Waals surface area (Å²) in [6, 6.07) is 4.22. The first kappa shape index (κ1) is 19.0. The number of benzene rings is 1. The van der Waals surface area contributed by atoms with Gasteiger partial charge in [-0.1, -0.05) is 0 Å². The average molecular weight is 395 g/mol. The number of nitrogens with two attached hydrogens (primary N) is 1. The second-order valence-electron chi connectivity index (χ2n) is 7.65. The highest BCUT2D eigenvalue weighted by atomic mass is 19.1. The van der Waals surface area contributed by atoms with Gasteiger partial charge in [-0.05, 0) is 38.0 Å². The normalized spacial score (nSPS) is 20.9. The molecule has 1 aliphatic rings. The summed E-state index contributed by atoms with van der Waals surface area (Å²) >= 11 is 0. The van der Waals surface area contributed by atoms with Gasteiger partial charge >= 0.3 is 0 Å². The lowest BCUT2D eigenvalue weighted by molar-refractivity contribution is 0.0828. The molecule has 0 saturated heterocycles. The van der Waals surface area contributed by atoms with E-state index in [0.717, 1.165) is 12.8 Å². The second-order valence-corrected chi connectivity index (χ2v) is 7.65. The Bertz CT molecular complexity index is 1120. The molecule has 2 heterocycles. The Morgan fingerprint density at radius 3 is 2.83 bits per heavy atom. The summed E-state index contributed by atoms with van der Waals surface area (Å²) in [7, 11) is 1.65. The molecule has 6 N–H and O–H groups in total. The van der Waals surface area contributed by atoms with Gasteiger partial charge in [0.2, 0.25) is 0 Å². The molecule has 2 aromatic heterocycles. The molecule has 3 aromatic rings. The summed E-state index contributed by atoms with van der Waals surface area (Å²) in [6.45, 7) is 1.96. The van der Waals surface area contributed by atoms with Crippen LogP contribution in [-0.2, 0) is 0 Å². The highest BCUT2D eigenvalue weighted by Gasteiger charge is 2.39. The second kappa shape index (κ2) is 6.93. The molecule has 0 bridgehead atoms. The van der Waals surface area contributed by atoms with Crippen LogP contribution in [0.15, 0.2) is 30.6 Å². The van der Waals surface area contributed by atoms with E-state index in [1.807, 2.05) is 6.92 Å². The minimum atomic E-state index is -0.402. The zero-order chi connectivity index (χ0) is 20.8. The summed E-state index contributed by atoms with van der Waals surface area (Å²) in [5, 5.41) is 14.4. The van der Waals surface area contributed by atoms with Gasteiger partial charge in [-0.15, -0.1) is 0 Å². The molecule has 1 fully saturated rings. The van der Waals surface area contributed by atoms with Crippen LogP contribution in [0.25, 0.3) is 11.2 Å². The zero-order valence-corrected chi connectivity index (χ0v) is 16.1. The van der Waals surface area contributed by atoms with Gasteiger partial charge in [-0.2, -0.15) is 0 Å². The van der Waals surface area contributed by atoms with Gasteiger partial charge in [0.25, 0.3) is 5.91 Å². The lowest BCUT2D eigenvalue weighted by Crippen LogP contribution is -2.59. The van der Waals surface area contributed by atoms with E-state index in [2.05, 4.69) is 25.6 Å². The van der Waals surface area contributed by atoms with Crippen LogP contribution in [0.3, 0.4) is 0 Å². The van der Waals surface area contributed by atoms with E-state index in [0.29, 0.717) is 28.0 Å². The fourth-order valence-electron chi connectivity index (χ4n) is 3.81. The van der Waals surface area contributed by atoms with Crippen LogP contribution < -0.4 is 16.4 Å². The fraction of sp³-hybridized carbons (Fsp3) is 0.300. The van der Waals surface area contributed by atoms with Crippen molar-refractivity contribution < 1.29 is 9.18 Å². The Hall–Kier alpha value is -3.33. The number of aromatic nitrogens is 3. The number of anilines is 1. The molecule has 150 valence electrons. The monoisotopic (exact) mass is 395 g/mol. The maximum absolute atomic E-state index is 13.5. The van der Waals surface area contributed by atoms with Gasteiger partial charge in [0.15, 0.2) is 5.65 Å². The lowest BCUT2D eigenvalue weighted by atomic mass is 9.74. The van der Waals surface area contributed by atoms with Crippen LogP contribution in [0.5, 0.6) is 0 Å². The van der Waals surface area contributed by atoms with Crippen molar-refractivity contribution >= 4 is 28.5 Å². The van der Waals surface area contributed by atoms with E-state index in [1.54, 1.807) is 13.2 Å². The van der Waals surface area contributed by atoms with Gasteiger partial charge in [0.1, 0.15) is 17.0 Å². The summed E-state index contributed by atoms with van der Waals surface area (Å²) in [6.07, 6.45) is 4.46. The number of amides is 1. The van der Waals surface area contributed by atoms with Crippen LogP contribution >= 0.6 is 0 Å². The smallest absolute Gasteiger partial charge is 0.255 e. The summed E-state index contributed by atoms with van der Waals surface area (Å²) in [5.41, 5.74) is 8.03. The Kier molecular flexibility index (Phi) is 4.54. The van der Waals surface area contributed by atoms with Gasteiger partial charge in [-0.25, -0.2) is 14.4 Å². The number of rotatable bonds is 5. The van der Waals surface area contributed by atoms with Crippen molar-refractivity contribution in [3.05, 3.63) is 53.2 Å². The van der Waals surface area contributed by atoms with E-state index >= 15 is 0 Å². The SMILES string of the molecule is CNc1cc(F)ccc1C(=N)c1cnc2[nH]cc(C(=O)NC3(C)CC(N)C3)c2n1. The molecule has 9 heteroatoms. The summed E-state index contributed by atoms with van der Waals surface area (Å²) in [5.74, 6) is -0.664. The molecule has 1 aromatic carbocycles. The van der Waals surface area contributed by atoms with E-state index in [9.17, 15) is 9.18 Å². The third-order valence-corrected chi connectivity index (χ3v) is 5.24. The maximum Gasteiger partial charge on any atom is 0.255 e. The van der Waals surface area contributed by atoms with E-state index in [-0.39, 0.29) is 28.9 Å². The van der Waals surface area contributed by atoms with Crippen molar-refractivity contribution in [2.45, 2.75) is 31.3 Å². The summed E-state index contributed by atoms with van der Waals surface area (Å²) < 4.78 is 13.5. The molecule has 1 saturated carbocycles. The quantitative estimate of drug-likeness (QED) is 0.422. The van der Waals surface area contributed by atoms with Crippen LogP contribution in [0.2, 0.25) is 0 Å². The molecule has 0 aliphatic heterocycles. The van der Waals surface area contributed by atoms with E-state index in [4.69, 9.17) is 11.1 Å². The predicted octanol–water partition coefficient (Wildman–Crippen LogP) is 2.16. The first-order valence-corrected chi connectivity index (χ1v) is 9.28. The Labute approximate surface area is 166 Å². The number of hydrogen-bond donors (Lipinski definition) is 5. The van der Waals surface area contributed by atoms with E-state index < -0.39 is 5.82 Å². The first-order valence-electron chi connectivity index (χ1n) is 9.28. The van der Waals surface area contributed by atoms with Crippen LogP contribution in [-0.4, -0.2) is 45.2 Å². The van der Waals surface area contributed by atoms with Gasteiger partial charge in [-0.3, -0.25) is 10.2 Å². The number of carbonyl (C=O) groups excluding carboxylic acids is 1. The van der Waals surface area contributed by atoms with Crippen LogP contribution in [0, 0.1) is 11.2 Å². The number of carbonyl (C=O) groups is 1. The van der Waals surface area contributed by atoms with Crippen molar-refractivity contribution in [2.24, 2.45) is 5.73 Å². The van der Waals surface area contributed by atoms with Crippen molar-refractivity contribution in [3.63, 3.8) is 0 Å². The van der Waals surface area contributed by atoms with E-state index in [1.165, 1.54) is 24.4 Å². The lowest BCUT2D eigenvalue weighted by Gasteiger charge is -2.43. The first-order chi connectivity index (χ1) is 13.8. The van der Waals surface area contributed by atoms with Gasteiger partial charge in [0.05, 0.1) is 17.5 Å². The zero-order valence-electron chi connectivity index (χ0n) is 16.1. The molecule has 29 heavy (non-hydrogen) atoms. The number of hydrogen-bond acceptors (Lipinski definition) is 6. The Morgan fingerprint density at radius 2 is 2.14 bits per heavy atom. The number of nitrogens with zero attached hydrogens (tertiary/aromatic N) is 2. The minimum absolute atomic E-state index is 0.0771. The molecule has 1 aliphatic carbocycles. The molecule has 4 rings (SSSR count). The van der Waals surface area contributed by atoms with Crippen molar-refractivity contribution in [2.75, 3.05) is 12.4 Å². The fourth-order valence-corrected chi connectivity index (χ4v) is 3.81. The minimum Gasteiger partial charge on any atom is -0.387 e. The summed E-state index contributed by atoms with van der Waals surface area (Å²) in [4.78, 5) is 24.5. The molecule has 0 spiro atoms. The van der Waals surface area contributed by atoms with Gasteiger partial charge < -0.3 is 21.4 Å². The van der Waals surface area contributed by atoms with Crippen LogP contribution in [0.1, 0.15) is 41.4 Å². The number of aromatic amines is 1. The predicted molar refractivity (Wildman–Crippen MR) is 109 cm³/mol. The number of fused-ring (bicyclic) bond motifs is 1. The highest BCUT2D eigenvalue weighted by Crippen LogP contribution is 2.31. The largest absolute Gasteiger partial charge is 0.387 e. The number of halogens is 1. The Balaban J connectivity index is 1.67. The molecule has 1 amide bonds. The van der Waals surface area contributed by atoms with Crippen molar-refractivity contribution in [1.29, 1.82) is 5.41 Å². The van der Waals surface area contributed by atoms with Crippen molar-refractivity contribution in [1.82, 2.24) is 20.3 Å². The van der Waals surface area contributed by atoms with Crippen LogP contribution in [0.4, 0.5) is 10.1 Å². The van der Waals surface area contributed by atoms with Crippen molar-refractivity contribution in [3.8, 4) is 0 Å². The standard InChI is InChI=1S/C20H22FN7O/c1-20(6-11(22)7-20)28-19(29)13-8-25-18-17(13)27-15(9-26-18)16(23)12-4-3-10(21)5-14(12)24-2/h3-5,8-9,11,23-24H,6-7,22H2,1-2H3,(H,25,26)(H,28,29). The molecular formula is C20H22FN7O. The molecule has 0 unspecified atom stereocenters. The third kappa shape index (κ3) is 3.44. The third-order valence-electron chi connectivity index (χ3n) is 5.24. The molecule has 0 radical (unpaired) electrons. The number of H-pyrrole nitrogens is 1. The average Bonchev–Trinajstić information content (AvgIpc) is 3.09.